The van der Waals surface area contributed by atoms with Gasteiger partial charge < -0.3 is 26.9 Å². The van der Waals surface area contributed by atoms with Crippen molar-refractivity contribution in [2.24, 2.45) is 4.99 Å². The summed E-state index contributed by atoms with van der Waals surface area (Å²) in [5, 5.41) is 0. The molecule has 0 aliphatic rings. The van der Waals surface area contributed by atoms with Crippen molar-refractivity contribution in [1.29, 1.82) is 0 Å². The zero-order valence-corrected chi connectivity index (χ0v) is 21.6. The molecule has 0 fully saturated rings. The van der Waals surface area contributed by atoms with Gasteiger partial charge in [-0.1, -0.05) is 26.1 Å². The number of hydrogen-bond acceptors (Lipinski definition) is 6. The third-order valence-corrected chi connectivity index (χ3v) is 4.26. The van der Waals surface area contributed by atoms with Crippen LogP contribution in [0.2, 0.25) is 0 Å². The predicted octanol–water partition coefficient (Wildman–Crippen LogP) is 3.65. The molecule has 0 saturated carbocycles. The average Bonchev–Trinajstić information content (AvgIpc) is 3.05. The summed E-state index contributed by atoms with van der Waals surface area (Å²) < 4.78 is 7.56. The summed E-state index contributed by atoms with van der Waals surface area (Å²) in [6, 6.07) is 0. The van der Waals surface area contributed by atoms with Gasteiger partial charge in [-0.3, -0.25) is 4.99 Å². The summed E-state index contributed by atoms with van der Waals surface area (Å²) in [6.45, 7) is 14.5. The van der Waals surface area contributed by atoms with Crippen LogP contribution < -0.4 is 5.73 Å². The van der Waals surface area contributed by atoms with Crippen LogP contribution in [-0.2, 0) is 11.3 Å². The Morgan fingerprint density at radius 3 is 2.69 bits per heavy atom. The van der Waals surface area contributed by atoms with E-state index in [2.05, 4.69) is 41.7 Å². The van der Waals surface area contributed by atoms with Gasteiger partial charge in [0.1, 0.15) is 0 Å². The topological polar surface area (TPSA) is 91.2 Å². The van der Waals surface area contributed by atoms with Gasteiger partial charge in [-0.15, -0.1) is 5.69 Å². The predicted molar refractivity (Wildman–Crippen MR) is 113 cm³/mol. The van der Waals surface area contributed by atoms with Crippen molar-refractivity contribution in [3.05, 3.63) is 49.2 Å². The van der Waals surface area contributed by atoms with Crippen molar-refractivity contribution in [1.82, 2.24) is 19.5 Å². The summed E-state index contributed by atoms with van der Waals surface area (Å²) in [4.78, 5) is 17.3. The molecule has 7 nitrogen and oxygen atoms in total. The number of nitrogens with zero attached hydrogens (tertiary/aromatic N) is 5. The van der Waals surface area contributed by atoms with Crippen LogP contribution >= 0.6 is 0 Å². The molecule has 29 heavy (non-hydrogen) atoms. The molecule has 0 aliphatic carbocycles. The van der Waals surface area contributed by atoms with E-state index in [0.29, 0.717) is 5.70 Å². The number of aryl methyl sites for hydroxylation is 1. The average molecular weight is 621 g/mol. The third kappa shape index (κ3) is 8.04. The Bertz CT molecular complexity index is 785. The number of unbranched alkanes of at least 4 members (excludes halogenated alkanes) is 1. The molecule has 154 valence electrons. The van der Waals surface area contributed by atoms with Crippen LogP contribution in [0.25, 0.3) is 5.70 Å². The molecule has 0 atom stereocenters. The number of rotatable bonds is 12. The third-order valence-electron chi connectivity index (χ3n) is 4.26. The fourth-order valence-electron chi connectivity index (χ4n) is 2.73. The van der Waals surface area contributed by atoms with Crippen molar-refractivity contribution in [3.8, 4) is 0 Å². The molecular formula is C21H30N6OU. The van der Waals surface area contributed by atoms with Gasteiger partial charge >= 0.3 is 31.1 Å². The van der Waals surface area contributed by atoms with E-state index in [1.807, 2.05) is 11.5 Å². The maximum absolute atomic E-state index is 5.57. The normalized spacial score (nSPS) is 11.3. The van der Waals surface area contributed by atoms with Crippen molar-refractivity contribution in [2.75, 3.05) is 18.9 Å². The molecule has 0 radical (unpaired) electrons. The molecule has 2 aromatic heterocycles. The quantitative estimate of drug-likeness (QED) is 0.222. The standard InChI is InChI=1S/C21H30N6O.U/c1-5-10-27-15-25-20(17(27)4)19(9-7-8-12-28-11-6-2)26-16(3)18-13-23-21(22)24-14-18;/h13-14H,1,3,5-12H2,2,4H3,(H2,22,23,24);/q-2;+2. The van der Waals surface area contributed by atoms with Crippen molar-refractivity contribution in [2.45, 2.75) is 52.5 Å². The van der Waals surface area contributed by atoms with Crippen LogP contribution in [0, 0.1) is 51.3 Å². The van der Waals surface area contributed by atoms with E-state index in [4.69, 9.17) is 15.5 Å². The molecule has 0 spiro atoms. The Balaban J connectivity index is 0.00000420. The van der Waals surface area contributed by atoms with Crippen molar-refractivity contribution >= 4 is 17.4 Å². The van der Waals surface area contributed by atoms with Crippen LogP contribution in [0.15, 0.2) is 24.0 Å². The molecule has 0 bridgehead atoms. The second-order valence-electron chi connectivity index (χ2n) is 6.56. The molecule has 2 rings (SSSR count). The first kappa shape index (κ1) is 25.5. The Morgan fingerprint density at radius 2 is 2.03 bits per heavy atom. The van der Waals surface area contributed by atoms with E-state index in [1.54, 1.807) is 12.4 Å². The smallest absolute Gasteiger partial charge is 0.453 e. The number of hydrogen-bond donors (Lipinski definition) is 1. The van der Waals surface area contributed by atoms with Gasteiger partial charge in [-0.05, 0) is 32.2 Å². The molecule has 2 heterocycles. The molecular weight excluding hydrogens is 590 g/mol. The molecule has 0 aliphatic heterocycles. The van der Waals surface area contributed by atoms with E-state index < -0.39 is 0 Å². The van der Waals surface area contributed by atoms with Gasteiger partial charge in [-0.2, -0.15) is 6.42 Å². The molecule has 0 unspecified atom stereocenters. The summed E-state index contributed by atoms with van der Waals surface area (Å²) in [5.74, 6) is 0.227. The van der Waals surface area contributed by atoms with E-state index in [1.165, 1.54) is 0 Å². The number of nitrogen functional groups attached to an aromatic ring is 1. The summed E-state index contributed by atoms with van der Waals surface area (Å²) in [5.41, 5.74) is 9.65. The van der Waals surface area contributed by atoms with Crippen molar-refractivity contribution in [3.63, 3.8) is 0 Å². The maximum Gasteiger partial charge on any atom is 2.00 e. The second-order valence-corrected chi connectivity index (χ2v) is 6.56. The number of aliphatic imine (C=N–C) groups is 1. The SMILES string of the molecule is C=C(N=C(CCCCOCCC)c1n[c-]n(CC[CH2-])c1C)c1cnc(N)nc1.[U+2]. The minimum atomic E-state index is 0. The van der Waals surface area contributed by atoms with Crippen molar-refractivity contribution < 1.29 is 35.9 Å². The Labute approximate surface area is 197 Å². The first-order valence-electron chi connectivity index (χ1n) is 9.73. The minimum absolute atomic E-state index is 0. The molecule has 0 amide bonds. The zero-order chi connectivity index (χ0) is 20.4. The number of ether oxygens (including phenoxy) is 1. The Kier molecular flexibility index (Phi) is 12.1. The van der Waals surface area contributed by atoms with Gasteiger partial charge in [0.05, 0.1) is 5.70 Å². The molecule has 2 aromatic rings. The summed E-state index contributed by atoms with van der Waals surface area (Å²) in [7, 11) is 0. The second kappa shape index (κ2) is 13.7. The molecule has 2 N–H and O–H groups in total. The molecule has 0 saturated heterocycles. The number of aromatic nitrogens is 4. The first-order valence-corrected chi connectivity index (χ1v) is 9.73. The Hall–Kier alpha value is -1.49. The van der Waals surface area contributed by atoms with Crippen LogP contribution in [-0.4, -0.2) is 38.4 Å². The number of nitrogens with two attached hydrogens (primary N) is 1. The first-order chi connectivity index (χ1) is 13.6. The van der Waals surface area contributed by atoms with E-state index in [9.17, 15) is 0 Å². The zero-order valence-electron chi connectivity index (χ0n) is 17.4. The summed E-state index contributed by atoms with van der Waals surface area (Å²) in [6.07, 6.45) is 10.8. The van der Waals surface area contributed by atoms with Gasteiger partial charge in [0.2, 0.25) is 5.95 Å². The van der Waals surface area contributed by atoms with E-state index >= 15 is 0 Å². The van der Waals surface area contributed by atoms with Crippen LogP contribution in [0.4, 0.5) is 5.95 Å². The Morgan fingerprint density at radius 1 is 1.31 bits per heavy atom. The largest absolute Gasteiger partial charge is 2.00 e. The summed E-state index contributed by atoms with van der Waals surface area (Å²) >= 11 is 0. The monoisotopic (exact) mass is 620 g/mol. The van der Waals surface area contributed by atoms with Crippen LogP contribution in [0.1, 0.15) is 56.0 Å². The maximum atomic E-state index is 5.57. The molecule has 0 aromatic carbocycles. The van der Waals surface area contributed by atoms with E-state index in [0.717, 1.165) is 74.5 Å². The van der Waals surface area contributed by atoms with Gasteiger partial charge in [0.15, 0.2) is 0 Å². The van der Waals surface area contributed by atoms with Gasteiger partial charge in [-0.25, -0.2) is 9.97 Å². The van der Waals surface area contributed by atoms with Gasteiger partial charge in [0, 0.05) is 43.2 Å². The number of imidazole rings is 1. The van der Waals surface area contributed by atoms with E-state index in [-0.39, 0.29) is 37.1 Å². The van der Waals surface area contributed by atoms with Crippen LogP contribution in [0.3, 0.4) is 0 Å². The number of anilines is 1. The fraction of sp³-hybridized carbons (Fsp3) is 0.476. The van der Waals surface area contributed by atoms with Gasteiger partial charge in [0.25, 0.3) is 0 Å². The minimum Gasteiger partial charge on any atom is -0.453 e. The fourth-order valence-corrected chi connectivity index (χ4v) is 2.73. The van der Waals surface area contributed by atoms with Crippen LogP contribution in [0.5, 0.6) is 0 Å². The molecule has 8 heteroatoms.